The van der Waals surface area contributed by atoms with Gasteiger partial charge in [-0.2, -0.15) is 0 Å². The van der Waals surface area contributed by atoms with E-state index in [1.165, 1.54) is 30.2 Å². The Morgan fingerprint density at radius 3 is 2.74 bits per heavy atom. The molecule has 11 heteroatoms. The van der Waals surface area contributed by atoms with Gasteiger partial charge in [0.15, 0.2) is 17.7 Å². The smallest absolute Gasteiger partial charge is 0.265 e. The molecule has 0 unspecified atom stereocenters. The molecule has 1 aromatic carbocycles. The lowest BCUT2D eigenvalue weighted by atomic mass is 9.92. The van der Waals surface area contributed by atoms with Crippen molar-refractivity contribution in [3.8, 4) is 22.8 Å². The Balaban J connectivity index is 2.33. The van der Waals surface area contributed by atoms with E-state index in [4.69, 9.17) is 33.7 Å². The Kier molecular flexibility index (Phi) is 8.04. The molecule has 1 N–H and O–H groups in total. The quantitative estimate of drug-likeness (QED) is 0.166. The number of thioether (sulfide) groups is 1. The van der Waals surface area contributed by atoms with Crippen molar-refractivity contribution in [2.45, 2.75) is 19.0 Å². The predicted octanol–water partition coefficient (Wildman–Crippen LogP) is 3.66. The van der Waals surface area contributed by atoms with E-state index in [1.54, 1.807) is 12.1 Å². The third-order valence-electron chi connectivity index (χ3n) is 4.28. The lowest BCUT2D eigenvalue weighted by molar-refractivity contribution is 0.0231. The molecular formula is C20H21BClN3O4S2. The van der Waals surface area contributed by atoms with Crippen molar-refractivity contribution < 1.29 is 19.0 Å². The number of rotatable bonds is 9. The first-order chi connectivity index (χ1) is 14.9. The van der Waals surface area contributed by atoms with Gasteiger partial charge in [-0.25, -0.2) is 9.97 Å². The highest BCUT2D eigenvalue weighted by Crippen LogP contribution is 2.44. The molecule has 2 aromatic heterocycles. The number of benzene rings is 1. The second-order valence-electron chi connectivity index (χ2n) is 6.19. The minimum absolute atomic E-state index is 0.0166. The maximum Gasteiger partial charge on any atom is 0.265 e. The first-order valence-electron chi connectivity index (χ1n) is 9.45. The fraction of sp³-hybridized carbons (Fsp3) is 0.350. The fourth-order valence-corrected chi connectivity index (χ4v) is 4.60. The van der Waals surface area contributed by atoms with Gasteiger partial charge >= 0.3 is 0 Å². The number of nitrogens with one attached hydrogen (secondary N) is 1. The fourth-order valence-electron chi connectivity index (χ4n) is 2.88. The molecule has 0 saturated carbocycles. The molecule has 0 saturated heterocycles. The van der Waals surface area contributed by atoms with Crippen molar-refractivity contribution >= 4 is 64.1 Å². The monoisotopic (exact) mass is 477 g/mol. The summed E-state index contributed by atoms with van der Waals surface area (Å²) in [6, 6.07) is 3.33. The molecule has 3 aromatic rings. The van der Waals surface area contributed by atoms with Crippen LogP contribution in [-0.4, -0.2) is 57.0 Å². The normalized spacial score (nSPS) is 11.0. The van der Waals surface area contributed by atoms with Crippen LogP contribution < -0.4 is 20.3 Å². The van der Waals surface area contributed by atoms with E-state index in [1.807, 2.05) is 20.1 Å². The van der Waals surface area contributed by atoms with Gasteiger partial charge in [-0.1, -0.05) is 28.8 Å². The number of hydrogen-bond acceptors (Lipinski definition) is 8. The minimum atomic E-state index is -0.255. The van der Waals surface area contributed by atoms with Crippen LogP contribution in [0.2, 0.25) is 5.02 Å². The summed E-state index contributed by atoms with van der Waals surface area (Å²) in [6.45, 7) is 4.65. The van der Waals surface area contributed by atoms with Crippen molar-refractivity contribution in [1.82, 2.24) is 15.3 Å². The molecule has 162 valence electrons. The second kappa shape index (κ2) is 10.5. The molecule has 0 aliphatic rings. The predicted molar refractivity (Wildman–Crippen MR) is 127 cm³/mol. The highest BCUT2D eigenvalue weighted by Gasteiger charge is 2.26. The zero-order valence-corrected chi connectivity index (χ0v) is 20.0. The van der Waals surface area contributed by atoms with Crippen LogP contribution in [0.25, 0.3) is 21.5 Å². The van der Waals surface area contributed by atoms with E-state index in [2.05, 4.69) is 15.3 Å². The Labute approximate surface area is 195 Å². The summed E-state index contributed by atoms with van der Waals surface area (Å²) in [5, 5.41) is 4.33. The number of nitrogens with zero attached hydrogens (tertiary/aromatic N) is 2. The van der Waals surface area contributed by atoms with Gasteiger partial charge in [0.05, 0.1) is 18.2 Å². The summed E-state index contributed by atoms with van der Waals surface area (Å²) >= 11 is 9.16. The van der Waals surface area contributed by atoms with Crippen molar-refractivity contribution in [2.24, 2.45) is 0 Å². The Morgan fingerprint density at radius 1 is 1.32 bits per heavy atom. The van der Waals surface area contributed by atoms with Crippen LogP contribution in [0.3, 0.4) is 0 Å². The van der Waals surface area contributed by atoms with E-state index in [0.29, 0.717) is 66.6 Å². The number of thiophene rings is 1. The van der Waals surface area contributed by atoms with Crippen LogP contribution in [0.4, 0.5) is 0 Å². The van der Waals surface area contributed by atoms with Gasteiger partial charge in [-0.3, -0.25) is 4.79 Å². The molecule has 7 nitrogen and oxygen atoms in total. The molecule has 0 spiro atoms. The first kappa shape index (κ1) is 23.7. The van der Waals surface area contributed by atoms with Crippen LogP contribution >= 0.6 is 34.7 Å². The summed E-state index contributed by atoms with van der Waals surface area (Å²) in [4.78, 5) is 23.0. The third-order valence-corrected chi connectivity index (χ3v) is 6.20. The van der Waals surface area contributed by atoms with Crippen molar-refractivity contribution in [2.75, 3.05) is 33.3 Å². The minimum Gasteiger partial charge on any atom is -0.497 e. The maximum atomic E-state index is 12.7. The van der Waals surface area contributed by atoms with Gasteiger partial charge in [0.1, 0.15) is 23.3 Å². The van der Waals surface area contributed by atoms with Gasteiger partial charge in [-0.15, -0.1) is 11.3 Å². The SMILES string of the molecule is [B]c1cc(Cl)c(-c2nc(SC)nc3sc(C(=O)NCC)c(OCOCC)c23)cc1OC. The van der Waals surface area contributed by atoms with Crippen LogP contribution in [0.15, 0.2) is 17.3 Å². The average molecular weight is 478 g/mol. The number of methoxy groups -OCH3 is 1. The van der Waals surface area contributed by atoms with E-state index < -0.39 is 0 Å². The van der Waals surface area contributed by atoms with Crippen LogP contribution in [0.5, 0.6) is 11.5 Å². The summed E-state index contributed by atoms with van der Waals surface area (Å²) in [6.07, 6.45) is 1.88. The first-order valence-corrected chi connectivity index (χ1v) is 11.9. The van der Waals surface area contributed by atoms with Crippen molar-refractivity contribution in [3.05, 3.63) is 22.0 Å². The molecule has 2 heterocycles. The molecule has 3 rings (SSSR count). The molecule has 0 aliphatic heterocycles. The van der Waals surface area contributed by atoms with Gasteiger partial charge in [0.2, 0.25) is 0 Å². The number of carbonyl (C=O) groups is 1. The summed E-state index contributed by atoms with van der Waals surface area (Å²) in [7, 11) is 7.53. The standard InChI is InChI=1S/C20H21BClN3O4S2/c1-5-23-18(26)17-16(29-9-28-6-2)14-15(24-20(30-4)25-19(14)31-17)10-7-13(27-3)11(21)8-12(10)22/h7-8H,5-6,9H2,1-4H3,(H,23,26). The number of halogens is 1. The molecular weight excluding hydrogens is 457 g/mol. The number of aromatic nitrogens is 2. The van der Waals surface area contributed by atoms with E-state index in [9.17, 15) is 4.79 Å². The molecule has 0 atom stereocenters. The Hall–Kier alpha value is -2.01. The molecule has 0 bridgehead atoms. The number of fused-ring (bicyclic) bond motifs is 1. The lowest BCUT2D eigenvalue weighted by Crippen LogP contribution is -2.22. The summed E-state index contributed by atoms with van der Waals surface area (Å²) < 4.78 is 16.6. The van der Waals surface area contributed by atoms with E-state index in [-0.39, 0.29) is 12.7 Å². The van der Waals surface area contributed by atoms with Crippen LogP contribution in [0, 0.1) is 0 Å². The molecule has 31 heavy (non-hydrogen) atoms. The number of carbonyl (C=O) groups excluding carboxylic acids is 1. The lowest BCUT2D eigenvalue weighted by Gasteiger charge is -2.13. The molecule has 0 fully saturated rings. The largest absolute Gasteiger partial charge is 0.497 e. The molecule has 1 amide bonds. The summed E-state index contributed by atoms with van der Waals surface area (Å²) in [5.41, 5.74) is 1.53. The Bertz CT molecular complexity index is 1110. The van der Waals surface area contributed by atoms with Crippen LogP contribution in [0.1, 0.15) is 23.5 Å². The van der Waals surface area contributed by atoms with Crippen molar-refractivity contribution in [3.63, 3.8) is 0 Å². The Morgan fingerprint density at radius 2 is 2.10 bits per heavy atom. The number of ether oxygens (including phenoxy) is 3. The van der Waals surface area contributed by atoms with Gasteiger partial charge in [0, 0.05) is 23.7 Å². The van der Waals surface area contributed by atoms with Gasteiger partial charge in [-0.05, 0) is 32.2 Å². The summed E-state index contributed by atoms with van der Waals surface area (Å²) in [5.74, 6) is 0.566. The van der Waals surface area contributed by atoms with Crippen LogP contribution in [-0.2, 0) is 4.74 Å². The molecule has 2 radical (unpaired) electrons. The van der Waals surface area contributed by atoms with Gasteiger partial charge < -0.3 is 19.5 Å². The second-order valence-corrected chi connectivity index (χ2v) is 8.37. The zero-order chi connectivity index (χ0) is 22.5. The zero-order valence-electron chi connectivity index (χ0n) is 17.6. The number of amides is 1. The van der Waals surface area contributed by atoms with E-state index in [0.717, 1.165) is 0 Å². The maximum absolute atomic E-state index is 12.7. The van der Waals surface area contributed by atoms with Gasteiger partial charge in [0.25, 0.3) is 5.91 Å². The average Bonchev–Trinajstić information content (AvgIpc) is 3.12. The topological polar surface area (TPSA) is 82.6 Å². The number of hydrogen-bond donors (Lipinski definition) is 1. The third kappa shape index (κ3) is 4.92. The highest BCUT2D eigenvalue weighted by molar-refractivity contribution is 7.98. The molecule has 0 aliphatic carbocycles. The van der Waals surface area contributed by atoms with E-state index >= 15 is 0 Å². The van der Waals surface area contributed by atoms with Crippen molar-refractivity contribution in [1.29, 1.82) is 0 Å². The highest BCUT2D eigenvalue weighted by atomic mass is 35.5.